The Morgan fingerprint density at radius 3 is 1.24 bits per heavy atom. The first kappa shape index (κ1) is 19.2. The number of hydrogen-bond donors (Lipinski definition) is 2. The molecule has 0 amide bonds. The first-order valence-electron chi connectivity index (χ1n) is 8.78. The molecule has 0 spiro atoms. The average Bonchev–Trinajstić information content (AvgIpc) is 2.56. The van der Waals surface area contributed by atoms with Crippen molar-refractivity contribution in [3.05, 3.63) is 0 Å². The summed E-state index contributed by atoms with van der Waals surface area (Å²) in [5.74, 6) is -7.30. The first-order valence-corrected chi connectivity index (χ1v) is 8.78. The zero-order chi connectivity index (χ0) is 18.4. The summed E-state index contributed by atoms with van der Waals surface area (Å²) in [6.07, 6.45) is 6.13. The molecule has 25 heavy (non-hydrogen) atoms. The van der Waals surface area contributed by atoms with E-state index in [0.29, 0.717) is 25.7 Å². The SMILES string of the molecule is O=C(O)C(C(=O)O)(C(=O)OC1CCCCC1)C(=O)OC1CCCCC1. The van der Waals surface area contributed by atoms with Crippen LogP contribution in [-0.4, -0.2) is 46.3 Å². The molecule has 2 saturated carbocycles. The van der Waals surface area contributed by atoms with Gasteiger partial charge < -0.3 is 19.7 Å². The van der Waals surface area contributed by atoms with Crippen molar-refractivity contribution < 1.29 is 38.9 Å². The molecule has 0 aromatic carbocycles. The fourth-order valence-electron chi connectivity index (χ4n) is 3.37. The summed E-state index contributed by atoms with van der Waals surface area (Å²) in [6.45, 7) is 0. The van der Waals surface area contributed by atoms with Gasteiger partial charge in [0.15, 0.2) is 0 Å². The summed E-state index contributed by atoms with van der Waals surface area (Å²) < 4.78 is 10.2. The van der Waals surface area contributed by atoms with Gasteiger partial charge in [-0.3, -0.25) is 0 Å². The molecule has 2 N–H and O–H groups in total. The fraction of sp³-hybridized carbons (Fsp3) is 0.765. The topological polar surface area (TPSA) is 127 Å². The maximum atomic E-state index is 12.4. The molecule has 0 atom stereocenters. The van der Waals surface area contributed by atoms with Crippen LogP contribution in [0.1, 0.15) is 64.2 Å². The van der Waals surface area contributed by atoms with Gasteiger partial charge in [-0.25, -0.2) is 19.2 Å². The molecule has 0 heterocycles. The van der Waals surface area contributed by atoms with Crippen molar-refractivity contribution in [2.45, 2.75) is 76.4 Å². The second-order valence-electron chi connectivity index (χ2n) is 6.69. The highest BCUT2D eigenvalue weighted by Gasteiger charge is 2.64. The summed E-state index contributed by atoms with van der Waals surface area (Å²) in [6, 6.07) is 0. The van der Waals surface area contributed by atoms with Crippen molar-refractivity contribution in [3.63, 3.8) is 0 Å². The third-order valence-corrected chi connectivity index (χ3v) is 4.91. The van der Waals surface area contributed by atoms with Crippen molar-refractivity contribution in [2.24, 2.45) is 5.41 Å². The van der Waals surface area contributed by atoms with E-state index in [2.05, 4.69) is 0 Å². The number of hydrogen-bond acceptors (Lipinski definition) is 6. The van der Waals surface area contributed by atoms with Crippen molar-refractivity contribution in [3.8, 4) is 0 Å². The van der Waals surface area contributed by atoms with Crippen molar-refractivity contribution in [1.82, 2.24) is 0 Å². The molecule has 2 rings (SSSR count). The summed E-state index contributed by atoms with van der Waals surface area (Å²) in [5.41, 5.74) is -3.37. The lowest BCUT2D eigenvalue weighted by Gasteiger charge is -2.29. The Labute approximate surface area is 145 Å². The molecule has 0 bridgehead atoms. The van der Waals surface area contributed by atoms with Crippen LogP contribution >= 0.6 is 0 Å². The molecule has 0 unspecified atom stereocenters. The van der Waals surface area contributed by atoms with Gasteiger partial charge in [0.1, 0.15) is 12.2 Å². The summed E-state index contributed by atoms with van der Waals surface area (Å²) in [5, 5.41) is 18.8. The van der Waals surface area contributed by atoms with E-state index in [1.54, 1.807) is 0 Å². The van der Waals surface area contributed by atoms with E-state index < -0.39 is 41.5 Å². The Bertz CT molecular complexity index is 481. The molecular formula is C17H24O8. The number of esters is 2. The minimum absolute atomic E-state index is 0.527. The van der Waals surface area contributed by atoms with Crippen molar-refractivity contribution in [1.29, 1.82) is 0 Å². The van der Waals surface area contributed by atoms with E-state index in [-0.39, 0.29) is 0 Å². The molecule has 8 heteroatoms. The number of carboxylic acids is 2. The van der Waals surface area contributed by atoms with Gasteiger partial charge in [0, 0.05) is 0 Å². The highest BCUT2D eigenvalue weighted by atomic mass is 16.6. The van der Waals surface area contributed by atoms with Crippen LogP contribution in [0.15, 0.2) is 0 Å². The van der Waals surface area contributed by atoms with Gasteiger partial charge in [0.05, 0.1) is 0 Å². The van der Waals surface area contributed by atoms with E-state index in [4.69, 9.17) is 9.47 Å². The van der Waals surface area contributed by atoms with Gasteiger partial charge >= 0.3 is 29.3 Å². The number of aliphatic carboxylic acids is 2. The smallest absolute Gasteiger partial charge is 0.355 e. The van der Waals surface area contributed by atoms with Crippen molar-refractivity contribution in [2.75, 3.05) is 0 Å². The molecular weight excluding hydrogens is 332 g/mol. The molecule has 140 valence electrons. The second-order valence-corrected chi connectivity index (χ2v) is 6.69. The lowest BCUT2D eigenvalue weighted by atomic mass is 9.87. The van der Waals surface area contributed by atoms with Crippen LogP contribution in [0.2, 0.25) is 0 Å². The number of carboxylic acid groups (broad SMARTS) is 2. The van der Waals surface area contributed by atoms with Gasteiger partial charge in [0.25, 0.3) is 0 Å². The first-order chi connectivity index (χ1) is 11.9. The van der Waals surface area contributed by atoms with Crippen LogP contribution in [0.5, 0.6) is 0 Å². The normalized spacial score (nSPS) is 19.8. The number of rotatable bonds is 6. The van der Waals surface area contributed by atoms with Crippen molar-refractivity contribution >= 4 is 23.9 Å². The largest absolute Gasteiger partial charge is 0.480 e. The Hall–Kier alpha value is -2.12. The number of carbonyl (C=O) groups excluding carboxylic acids is 2. The van der Waals surface area contributed by atoms with Crippen LogP contribution in [0.25, 0.3) is 0 Å². The quantitative estimate of drug-likeness (QED) is 0.545. The van der Waals surface area contributed by atoms with E-state index in [9.17, 15) is 29.4 Å². The predicted octanol–water partition coefficient (Wildman–Crippen LogP) is 1.89. The average molecular weight is 356 g/mol. The Balaban J connectivity index is 2.19. The predicted molar refractivity (Wildman–Crippen MR) is 83.6 cm³/mol. The summed E-state index contributed by atoms with van der Waals surface area (Å²) >= 11 is 0. The standard InChI is InChI=1S/C17H24O8/c18-13(19)17(14(20)21,15(22)24-11-7-3-1-4-8-11)16(23)25-12-9-5-2-6-10-12/h11-12H,1-10H2,(H,18,19)(H,20,21). The van der Waals surface area contributed by atoms with Crippen LogP contribution in [-0.2, 0) is 28.7 Å². The van der Waals surface area contributed by atoms with Crippen LogP contribution in [0, 0.1) is 5.41 Å². The second kappa shape index (κ2) is 8.31. The van der Waals surface area contributed by atoms with E-state index in [1.165, 1.54) is 0 Å². The maximum Gasteiger partial charge on any atom is 0.355 e. The summed E-state index contributed by atoms with van der Waals surface area (Å²) in [4.78, 5) is 48.1. The number of carbonyl (C=O) groups is 4. The van der Waals surface area contributed by atoms with Crippen LogP contribution in [0.3, 0.4) is 0 Å². The van der Waals surface area contributed by atoms with Gasteiger partial charge in [-0.2, -0.15) is 0 Å². The third-order valence-electron chi connectivity index (χ3n) is 4.91. The Kier molecular flexibility index (Phi) is 6.39. The fourth-order valence-corrected chi connectivity index (χ4v) is 3.37. The van der Waals surface area contributed by atoms with Crippen LogP contribution in [0.4, 0.5) is 0 Å². The minimum atomic E-state index is -3.37. The molecule has 0 aromatic heterocycles. The molecule has 2 aliphatic rings. The lowest BCUT2D eigenvalue weighted by molar-refractivity contribution is -0.193. The molecule has 0 aliphatic heterocycles. The Morgan fingerprint density at radius 2 is 0.960 bits per heavy atom. The van der Waals surface area contributed by atoms with Gasteiger partial charge in [-0.15, -0.1) is 0 Å². The zero-order valence-electron chi connectivity index (χ0n) is 14.1. The Morgan fingerprint density at radius 1 is 0.640 bits per heavy atom. The highest BCUT2D eigenvalue weighted by Crippen LogP contribution is 2.30. The monoisotopic (exact) mass is 356 g/mol. The van der Waals surface area contributed by atoms with Crippen LogP contribution < -0.4 is 0 Å². The highest BCUT2D eigenvalue weighted by molar-refractivity contribution is 6.32. The minimum Gasteiger partial charge on any atom is -0.480 e. The van der Waals surface area contributed by atoms with Gasteiger partial charge in [0.2, 0.25) is 0 Å². The number of ether oxygens (including phenoxy) is 2. The maximum absolute atomic E-state index is 12.4. The molecule has 0 saturated heterocycles. The third kappa shape index (κ3) is 4.11. The molecule has 8 nitrogen and oxygen atoms in total. The molecule has 2 fully saturated rings. The van der Waals surface area contributed by atoms with Gasteiger partial charge in [-0.1, -0.05) is 12.8 Å². The van der Waals surface area contributed by atoms with E-state index in [1.807, 2.05) is 0 Å². The van der Waals surface area contributed by atoms with E-state index >= 15 is 0 Å². The zero-order valence-corrected chi connectivity index (χ0v) is 14.1. The molecule has 0 aromatic rings. The molecule has 2 aliphatic carbocycles. The summed E-state index contributed by atoms with van der Waals surface area (Å²) in [7, 11) is 0. The lowest BCUT2D eigenvalue weighted by Crippen LogP contribution is -2.55. The molecule has 0 radical (unpaired) electrons. The van der Waals surface area contributed by atoms with Gasteiger partial charge in [-0.05, 0) is 51.4 Å². The van der Waals surface area contributed by atoms with E-state index in [0.717, 1.165) is 38.5 Å².